The molecule has 4 rings (SSSR count). The van der Waals surface area contributed by atoms with Gasteiger partial charge in [-0.1, -0.05) is 24.3 Å². The van der Waals surface area contributed by atoms with Crippen molar-refractivity contribution in [3.8, 4) is 0 Å². The van der Waals surface area contributed by atoms with E-state index in [1.807, 2.05) is 12.1 Å². The van der Waals surface area contributed by atoms with Crippen LogP contribution in [0.25, 0.3) is 10.8 Å². The summed E-state index contributed by atoms with van der Waals surface area (Å²) in [5, 5.41) is 4.06. The van der Waals surface area contributed by atoms with Crippen LogP contribution in [0.1, 0.15) is 12.8 Å². The average Bonchev–Trinajstić information content (AvgIpc) is 2.78. The first kappa shape index (κ1) is 12.5. The minimum atomic E-state index is -4.55. The molecule has 2 aromatic carbocycles. The van der Waals surface area contributed by atoms with E-state index in [4.69, 9.17) is 0 Å². The van der Waals surface area contributed by atoms with Gasteiger partial charge in [-0.05, 0) is 17.5 Å². The Morgan fingerprint density at radius 1 is 1.14 bits per heavy atom. The molecule has 0 spiro atoms. The van der Waals surface area contributed by atoms with E-state index >= 15 is 0 Å². The number of nitrogens with one attached hydrogen (secondary N) is 1. The number of anilines is 2. The summed E-state index contributed by atoms with van der Waals surface area (Å²) >= 11 is 0. The molecular formula is C15H11F3N2O. The maximum Gasteiger partial charge on any atom is 0.430 e. The Kier molecular flexibility index (Phi) is 2.20. The Morgan fingerprint density at radius 3 is 2.57 bits per heavy atom. The first-order valence-corrected chi connectivity index (χ1v) is 6.64. The fourth-order valence-electron chi connectivity index (χ4n) is 3.36. The second-order valence-corrected chi connectivity index (χ2v) is 5.39. The molecule has 1 atom stereocenters. The molecule has 3 nitrogen and oxygen atoms in total. The third-order valence-corrected chi connectivity index (χ3v) is 4.27. The van der Waals surface area contributed by atoms with Gasteiger partial charge in [0.05, 0.1) is 5.69 Å². The van der Waals surface area contributed by atoms with Crippen molar-refractivity contribution >= 4 is 28.1 Å². The fraction of sp³-hybridized carbons (Fsp3) is 0.267. The summed E-state index contributed by atoms with van der Waals surface area (Å²) in [6.45, 7) is 0. The Hall–Kier alpha value is -2.24. The highest BCUT2D eigenvalue weighted by Gasteiger charge is 2.65. The predicted molar refractivity (Wildman–Crippen MR) is 73.1 cm³/mol. The molecule has 0 radical (unpaired) electrons. The number of carbonyl (C=O) groups excluding carboxylic acids is 1. The molecule has 108 valence electrons. The predicted octanol–water partition coefficient (Wildman–Crippen LogP) is 3.65. The van der Waals surface area contributed by atoms with Gasteiger partial charge in [-0.15, -0.1) is 0 Å². The first-order valence-electron chi connectivity index (χ1n) is 6.64. The number of alkyl halides is 3. The molecule has 2 heterocycles. The first-order chi connectivity index (χ1) is 9.94. The Balaban J connectivity index is 2.07. The second-order valence-electron chi connectivity index (χ2n) is 5.39. The molecule has 1 unspecified atom stereocenters. The van der Waals surface area contributed by atoms with Crippen molar-refractivity contribution in [1.82, 2.24) is 0 Å². The molecule has 6 heteroatoms. The third-order valence-electron chi connectivity index (χ3n) is 4.27. The number of hydrogen-bond donors (Lipinski definition) is 1. The standard InChI is InChI=1S/C15H11F3N2O/c16-15(17,18)14-8-7-12(21)20(14)11-6-2-4-9-3-1-5-10(19-14)13(9)11/h1-6,19H,7-8H2. The van der Waals surface area contributed by atoms with Crippen LogP contribution in [0, 0.1) is 0 Å². The highest BCUT2D eigenvalue weighted by molar-refractivity contribution is 6.13. The van der Waals surface area contributed by atoms with Crippen LogP contribution in [-0.2, 0) is 4.79 Å². The van der Waals surface area contributed by atoms with Crippen molar-refractivity contribution in [1.29, 1.82) is 0 Å². The minimum Gasteiger partial charge on any atom is -0.354 e. The zero-order valence-electron chi connectivity index (χ0n) is 10.9. The van der Waals surface area contributed by atoms with E-state index in [1.54, 1.807) is 24.3 Å². The maximum atomic E-state index is 13.7. The number of fused-ring (bicyclic) bond motifs is 2. The normalized spacial score (nSPS) is 24.1. The van der Waals surface area contributed by atoms with Crippen LogP contribution in [0.3, 0.4) is 0 Å². The quantitative estimate of drug-likeness (QED) is 0.804. The van der Waals surface area contributed by atoms with Gasteiger partial charge in [0.1, 0.15) is 0 Å². The molecule has 1 N–H and O–H groups in total. The van der Waals surface area contributed by atoms with E-state index in [-0.39, 0.29) is 12.8 Å². The minimum absolute atomic E-state index is 0.114. The number of benzene rings is 2. The summed E-state index contributed by atoms with van der Waals surface area (Å²) in [6.07, 6.45) is -4.94. The van der Waals surface area contributed by atoms with Gasteiger partial charge in [-0.3, -0.25) is 9.69 Å². The van der Waals surface area contributed by atoms with Crippen molar-refractivity contribution < 1.29 is 18.0 Å². The SMILES string of the molecule is O=C1CCC2(C(F)(F)F)Nc3cccc4cccc(c34)N12. The largest absolute Gasteiger partial charge is 0.430 e. The van der Waals surface area contributed by atoms with Gasteiger partial charge < -0.3 is 5.32 Å². The number of nitrogens with zero attached hydrogens (tertiary/aromatic N) is 1. The van der Waals surface area contributed by atoms with E-state index in [0.717, 1.165) is 10.3 Å². The van der Waals surface area contributed by atoms with Gasteiger partial charge in [0.2, 0.25) is 11.6 Å². The summed E-state index contributed by atoms with van der Waals surface area (Å²) in [4.78, 5) is 13.0. The molecule has 1 amide bonds. The molecule has 2 aliphatic heterocycles. The van der Waals surface area contributed by atoms with Gasteiger partial charge >= 0.3 is 6.18 Å². The van der Waals surface area contributed by atoms with Gasteiger partial charge in [0.15, 0.2) is 0 Å². The summed E-state index contributed by atoms with van der Waals surface area (Å²) < 4.78 is 41.0. The maximum absolute atomic E-state index is 13.7. The molecule has 2 aromatic rings. The molecule has 1 fully saturated rings. The number of hydrogen-bond acceptors (Lipinski definition) is 2. The lowest BCUT2D eigenvalue weighted by Gasteiger charge is -2.44. The smallest absolute Gasteiger partial charge is 0.354 e. The second kappa shape index (κ2) is 3.69. The van der Waals surface area contributed by atoms with Crippen LogP contribution in [0.2, 0.25) is 0 Å². The van der Waals surface area contributed by atoms with Gasteiger partial charge in [0.25, 0.3) is 0 Å². The summed E-state index contributed by atoms with van der Waals surface area (Å²) in [6, 6.07) is 10.2. The van der Waals surface area contributed by atoms with E-state index < -0.39 is 17.7 Å². The number of rotatable bonds is 0. The lowest BCUT2D eigenvalue weighted by atomic mass is 9.97. The zero-order valence-corrected chi connectivity index (χ0v) is 10.9. The summed E-state index contributed by atoms with van der Waals surface area (Å²) in [7, 11) is 0. The van der Waals surface area contributed by atoms with Crippen molar-refractivity contribution in [3.05, 3.63) is 36.4 Å². The number of halogens is 3. The molecular weight excluding hydrogens is 281 g/mol. The lowest BCUT2D eigenvalue weighted by molar-refractivity contribution is -0.176. The van der Waals surface area contributed by atoms with Crippen LogP contribution >= 0.6 is 0 Å². The van der Waals surface area contributed by atoms with Crippen LogP contribution < -0.4 is 10.2 Å². The molecule has 21 heavy (non-hydrogen) atoms. The van der Waals surface area contributed by atoms with Crippen molar-refractivity contribution in [3.63, 3.8) is 0 Å². The van der Waals surface area contributed by atoms with Crippen LogP contribution in [-0.4, -0.2) is 17.7 Å². The van der Waals surface area contributed by atoms with E-state index in [0.29, 0.717) is 16.8 Å². The van der Waals surface area contributed by atoms with Crippen LogP contribution in [0.5, 0.6) is 0 Å². The molecule has 0 bridgehead atoms. The van der Waals surface area contributed by atoms with E-state index in [2.05, 4.69) is 5.32 Å². The Bertz CT molecular complexity index is 766. The zero-order chi connectivity index (χ0) is 14.8. The van der Waals surface area contributed by atoms with Crippen LogP contribution in [0.15, 0.2) is 36.4 Å². The molecule has 0 aliphatic carbocycles. The van der Waals surface area contributed by atoms with E-state index in [9.17, 15) is 18.0 Å². The molecule has 2 aliphatic rings. The number of carbonyl (C=O) groups is 1. The molecule has 1 saturated heterocycles. The number of amides is 1. The third kappa shape index (κ3) is 1.42. The highest BCUT2D eigenvalue weighted by atomic mass is 19.4. The van der Waals surface area contributed by atoms with Crippen molar-refractivity contribution in [2.45, 2.75) is 24.7 Å². The monoisotopic (exact) mass is 292 g/mol. The molecule has 0 aromatic heterocycles. The van der Waals surface area contributed by atoms with Crippen molar-refractivity contribution in [2.24, 2.45) is 0 Å². The van der Waals surface area contributed by atoms with Crippen molar-refractivity contribution in [2.75, 3.05) is 10.2 Å². The molecule has 0 saturated carbocycles. The Morgan fingerprint density at radius 2 is 1.86 bits per heavy atom. The van der Waals surface area contributed by atoms with E-state index in [1.165, 1.54) is 0 Å². The highest BCUT2D eigenvalue weighted by Crippen LogP contribution is 2.52. The lowest BCUT2D eigenvalue weighted by Crippen LogP contribution is -2.63. The summed E-state index contributed by atoms with van der Waals surface area (Å²) in [5.74, 6) is -0.498. The summed E-state index contributed by atoms with van der Waals surface area (Å²) in [5.41, 5.74) is -1.57. The Labute approximate surface area is 118 Å². The van der Waals surface area contributed by atoms with Gasteiger partial charge in [0, 0.05) is 23.9 Å². The fourth-order valence-corrected chi connectivity index (χ4v) is 3.36. The van der Waals surface area contributed by atoms with Crippen LogP contribution in [0.4, 0.5) is 24.5 Å². The van der Waals surface area contributed by atoms with Gasteiger partial charge in [-0.25, -0.2) is 0 Å². The van der Waals surface area contributed by atoms with Gasteiger partial charge in [-0.2, -0.15) is 13.2 Å². The topological polar surface area (TPSA) is 32.3 Å². The average molecular weight is 292 g/mol.